The van der Waals surface area contributed by atoms with Gasteiger partial charge in [0.05, 0.1) is 23.1 Å². The van der Waals surface area contributed by atoms with Crippen molar-refractivity contribution in [2.45, 2.75) is 30.4 Å². The Hall–Kier alpha value is -2.24. The topological polar surface area (TPSA) is 98.6 Å². The van der Waals surface area contributed by atoms with E-state index in [1.165, 1.54) is 31.7 Å². The Bertz CT molecular complexity index is 1080. The van der Waals surface area contributed by atoms with Gasteiger partial charge in [-0.2, -0.15) is 0 Å². The Morgan fingerprint density at radius 3 is 2.53 bits per heavy atom. The Kier molecular flexibility index (Phi) is 6.63. The lowest BCUT2D eigenvalue weighted by molar-refractivity contribution is -0.137. The third-order valence-corrected chi connectivity index (χ3v) is 7.84. The maximum absolute atomic E-state index is 12.8. The quantitative estimate of drug-likeness (QED) is 0.470. The van der Waals surface area contributed by atoms with Crippen LogP contribution in [0.25, 0.3) is 0 Å². The zero-order valence-corrected chi connectivity index (χ0v) is 19.1. The normalized spacial score (nSPS) is 19.4. The molecule has 1 saturated heterocycles. The first kappa shape index (κ1) is 22.4. The summed E-state index contributed by atoms with van der Waals surface area (Å²) in [5.41, 5.74) is 1.34. The minimum absolute atomic E-state index is 0.109. The lowest BCUT2D eigenvalue weighted by Gasteiger charge is -2.14. The number of benzene rings is 1. The fraction of sp³-hybridized carbons (Fsp3) is 0.368. The highest BCUT2D eigenvalue weighted by Gasteiger charge is 2.47. The largest absolute Gasteiger partial charge is 0.479 e. The number of amides is 2. The number of hydrogen-bond donors (Lipinski definition) is 0. The fourth-order valence-corrected chi connectivity index (χ4v) is 5.68. The van der Waals surface area contributed by atoms with Crippen LogP contribution in [0.3, 0.4) is 0 Å². The number of aryl methyl sites for hydroxylation is 1. The molecule has 0 bridgehead atoms. The second-order valence-corrected chi connectivity index (χ2v) is 10.4. The number of nitrogens with zero attached hydrogens (tertiary/aromatic N) is 3. The number of imidazole rings is 1. The summed E-state index contributed by atoms with van der Waals surface area (Å²) in [6.45, 7) is 4.01. The number of carbonyl (C=O) groups is 2. The van der Waals surface area contributed by atoms with Crippen LogP contribution in [0.1, 0.15) is 18.2 Å². The summed E-state index contributed by atoms with van der Waals surface area (Å²) in [5.74, 6) is -1.42. The summed E-state index contributed by atoms with van der Waals surface area (Å²) in [5, 5.41) is -0.736. The number of carbonyl (C=O) groups excluding carboxylic acids is 2. The zero-order chi connectivity index (χ0) is 22.1. The number of aromatic nitrogens is 2. The monoisotopic (exact) mass is 467 g/mol. The van der Waals surface area contributed by atoms with Gasteiger partial charge in [-0.1, -0.05) is 29.5 Å². The molecule has 1 fully saturated rings. The van der Waals surface area contributed by atoms with Gasteiger partial charge < -0.3 is 4.74 Å². The molecule has 2 atom stereocenters. The van der Waals surface area contributed by atoms with Crippen LogP contribution in [0.5, 0.6) is 0 Å². The van der Waals surface area contributed by atoms with Gasteiger partial charge in [-0.05, 0) is 38.2 Å². The number of imide groups is 1. The van der Waals surface area contributed by atoms with Gasteiger partial charge in [0, 0.05) is 19.7 Å². The van der Waals surface area contributed by atoms with Crippen LogP contribution in [-0.2, 0) is 30.8 Å². The molecule has 1 aromatic heterocycles. The van der Waals surface area contributed by atoms with Crippen LogP contribution in [-0.4, -0.2) is 57.4 Å². The van der Waals surface area contributed by atoms with E-state index in [1.54, 1.807) is 19.1 Å². The second-order valence-electron chi connectivity index (χ2n) is 6.78. The van der Waals surface area contributed by atoms with E-state index in [2.05, 4.69) is 4.98 Å². The van der Waals surface area contributed by atoms with Crippen molar-refractivity contribution in [3.63, 3.8) is 0 Å². The number of thioether (sulfide) groups is 1. The van der Waals surface area contributed by atoms with Gasteiger partial charge in [-0.25, -0.2) is 17.4 Å². The van der Waals surface area contributed by atoms with E-state index in [0.717, 1.165) is 26.2 Å². The van der Waals surface area contributed by atoms with Gasteiger partial charge >= 0.3 is 0 Å². The highest BCUT2D eigenvalue weighted by Crippen LogP contribution is 2.33. The van der Waals surface area contributed by atoms with Crippen LogP contribution in [0.2, 0.25) is 0 Å². The van der Waals surface area contributed by atoms with E-state index in [0.29, 0.717) is 12.3 Å². The van der Waals surface area contributed by atoms with Crippen molar-refractivity contribution in [2.75, 3.05) is 13.7 Å². The van der Waals surface area contributed by atoms with Gasteiger partial charge in [-0.15, -0.1) is 0 Å². The number of thiocarbonyl (C=S) groups is 1. The van der Waals surface area contributed by atoms with Crippen LogP contribution in [0, 0.1) is 12.8 Å². The SMILES string of the molecule is CCOC(=S)S[C@H]1C(=O)N(C)C(=O)[C@@H]1Cc1cn(S(=O)(=O)c2ccc(C)cc2)cn1. The van der Waals surface area contributed by atoms with Crippen molar-refractivity contribution in [1.29, 1.82) is 0 Å². The Balaban J connectivity index is 1.82. The first-order valence-corrected chi connectivity index (χ1v) is 11.9. The summed E-state index contributed by atoms with van der Waals surface area (Å²) in [4.78, 5) is 30.4. The molecule has 2 aromatic rings. The van der Waals surface area contributed by atoms with Gasteiger partial charge in [0.15, 0.2) is 0 Å². The maximum atomic E-state index is 12.8. The molecule has 0 spiro atoms. The van der Waals surface area contributed by atoms with E-state index in [4.69, 9.17) is 17.0 Å². The molecule has 30 heavy (non-hydrogen) atoms. The van der Waals surface area contributed by atoms with Crippen molar-refractivity contribution in [3.05, 3.63) is 48.0 Å². The predicted molar refractivity (Wildman–Crippen MR) is 117 cm³/mol. The molecule has 0 aliphatic carbocycles. The fourth-order valence-electron chi connectivity index (χ4n) is 3.07. The van der Waals surface area contributed by atoms with Gasteiger partial charge in [0.25, 0.3) is 10.0 Å². The van der Waals surface area contributed by atoms with E-state index in [9.17, 15) is 18.0 Å². The molecule has 0 saturated carbocycles. The Morgan fingerprint density at radius 2 is 1.90 bits per heavy atom. The molecular weight excluding hydrogens is 446 g/mol. The van der Waals surface area contributed by atoms with Crippen LogP contribution in [0.15, 0.2) is 41.7 Å². The second kappa shape index (κ2) is 8.86. The lowest BCUT2D eigenvalue weighted by atomic mass is 10.0. The first-order chi connectivity index (χ1) is 14.1. The molecule has 8 nitrogen and oxygen atoms in total. The molecule has 0 N–H and O–H groups in total. The zero-order valence-electron chi connectivity index (χ0n) is 16.6. The van der Waals surface area contributed by atoms with Crippen molar-refractivity contribution in [1.82, 2.24) is 13.9 Å². The van der Waals surface area contributed by atoms with Crippen LogP contribution in [0.4, 0.5) is 0 Å². The third-order valence-electron chi connectivity index (χ3n) is 4.71. The number of rotatable bonds is 6. The standard InChI is InChI=1S/C19H21N3O5S3/c1-4-27-19(28)29-16-15(17(23)21(3)18(16)24)9-13-10-22(11-20-13)30(25,26)14-7-5-12(2)6-8-14/h5-8,10-11,15-16H,4,9H2,1-3H3/t15-,16-/m1/s1. The molecular formula is C19H21N3O5S3. The Labute approximate surface area is 184 Å². The molecule has 0 unspecified atom stereocenters. The third kappa shape index (κ3) is 4.42. The highest BCUT2D eigenvalue weighted by atomic mass is 32.2. The summed E-state index contributed by atoms with van der Waals surface area (Å²) in [6.07, 6.45) is 2.67. The molecule has 1 aliphatic rings. The van der Waals surface area contributed by atoms with E-state index >= 15 is 0 Å². The summed E-state index contributed by atoms with van der Waals surface area (Å²) in [6, 6.07) is 6.48. The predicted octanol–water partition coefficient (Wildman–Crippen LogP) is 2.01. The van der Waals surface area contributed by atoms with E-state index in [1.807, 2.05) is 6.92 Å². The average Bonchev–Trinajstić information content (AvgIpc) is 3.25. The molecule has 160 valence electrons. The lowest BCUT2D eigenvalue weighted by Crippen LogP contribution is -2.27. The van der Waals surface area contributed by atoms with Crippen LogP contribution < -0.4 is 0 Å². The smallest absolute Gasteiger partial charge is 0.268 e. The minimum atomic E-state index is -3.80. The highest BCUT2D eigenvalue weighted by molar-refractivity contribution is 8.23. The number of hydrogen-bond acceptors (Lipinski definition) is 8. The average molecular weight is 468 g/mol. The van der Waals surface area contributed by atoms with E-state index in [-0.39, 0.29) is 27.5 Å². The molecule has 2 heterocycles. The summed E-state index contributed by atoms with van der Waals surface area (Å²) < 4.78 is 32.1. The van der Waals surface area contributed by atoms with Gasteiger partial charge in [0.1, 0.15) is 11.6 Å². The van der Waals surface area contributed by atoms with Gasteiger partial charge in [0.2, 0.25) is 16.2 Å². The summed E-state index contributed by atoms with van der Waals surface area (Å²) in [7, 11) is -2.38. The first-order valence-electron chi connectivity index (χ1n) is 9.15. The Morgan fingerprint density at radius 1 is 1.23 bits per heavy atom. The van der Waals surface area contributed by atoms with Crippen molar-refractivity contribution < 1.29 is 22.7 Å². The van der Waals surface area contributed by atoms with Crippen LogP contribution >= 0.6 is 24.0 Å². The van der Waals surface area contributed by atoms with Gasteiger partial charge in [-0.3, -0.25) is 14.5 Å². The van der Waals surface area contributed by atoms with Crippen molar-refractivity contribution >= 4 is 50.2 Å². The number of ether oxygens (including phenoxy) is 1. The molecule has 0 radical (unpaired) electrons. The van der Waals surface area contributed by atoms with Crippen molar-refractivity contribution in [3.8, 4) is 0 Å². The molecule has 1 aromatic carbocycles. The minimum Gasteiger partial charge on any atom is -0.479 e. The molecule has 1 aliphatic heterocycles. The number of likely N-dealkylation sites (tertiary alicyclic amines) is 1. The molecule has 2 amide bonds. The summed E-state index contributed by atoms with van der Waals surface area (Å²) >= 11 is 6.14. The van der Waals surface area contributed by atoms with E-state index < -0.39 is 21.2 Å². The maximum Gasteiger partial charge on any atom is 0.268 e. The molecule has 11 heteroatoms. The molecule has 3 rings (SSSR count). The van der Waals surface area contributed by atoms with Crippen molar-refractivity contribution in [2.24, 2.45) is 5.92 Å².